The van der Waals surface area contributed by atoms with Crippen molar-refractivity contribution in [3.05, 3.63) is 262 Å². The predicted octanol–water partition coefficient (Wildman–Crippen LogP) is 15.5. The van der Waals surface area contributed by atoms with Crippen LogP contribution >= 0.6 is 0 Å². The molecule has 0 N–H and O–H groups in total. The molecule has 4 aliphatic rings. The standard InChI is InChI=1S/C64H40N2/c1-37-29-31-42-41-16-3-7-21-48(41)64(53(42)33-37)52-25-14-20-45-43-17-5-10-26-56(43)66(61(45)52)59-32-30-39(35-54(59)64)40-34-47-44-18-6-11-27-57(44)65-58-28-12-9-23-50(58)63(55(36-40)62(47)65)49-22-8-4-19-46(49)60-38(2)15-13-24-51(60)63/h3-36H,1-2H3. The van der Waals surface area contributed by atoms with Crippen LogP contribution in [0.5, 0.6) is 0 Å². The second-order valence-electron chi connectivity index (χ2n) is 19.2. The molecule has 0 saturated carbocycles. The van der Waals surface area contributed by atoms with Gasteiger partial charge in [0.15, 0.2) is 0 Å². The number of para-hydroxylation sites is 4. The second-order valence-corrected chi connectivity index (χ2v) is 19.2. The van der Waals surface area contributed by atoms with Gasteiger partial charge in [-0.2, -0.15) is 0 Å². The van der Waals surface area contributed by atoms with E-state index in [0.717, 1.165) is 0 Å². The number of benzene rings is 10. The Morgan fingerprint density at radius 1 is 0.318 bits per heavy atom. The first-order valence-electron chi connectivity index (χ1n) is 23.3. The van der Waals surface area contributed by atoms with Gasteiger partial charge in [0.1, 0.15) is 0 Å². The van der Waals surface area contributed by atoms with Gasteiger partial charge in [0.2, 0.25) is 0 Å². The largest absolute Gasteiger partial charge is 0.309 e. The highest BCUT2D eigenvalue weighted by Crippen LogP contribution is 2.64. The Kier molecular flexibility index (Phi) is 6.36. The lowest BCUT2D eigenvalue weighted by molar-refractivity contribution is 0.747. The fraction of sp³-hybridized carbons (Fsp3) is 0.0625. The molecule has 16 rings (SSSR count). The third kappa shape index (κ3) is 3.84. The van der Waals surface area contributed by atoms with E-state index in [-0.39, 0.29) is 0 Å². The molecule has 2 aromatic heterocycles. The van der Waals surface area contributed by atoms with Gasteiger partial charge in [0, 0.05) is 21.5 Å². The lowest BCUT2D eigenvalue weighted by Gasteiger charge is -2.40. The number of aromatic nitrogens is 2. The van der Waals surface area contributed by atoms with Gasteiger partial charge in [-0.15, -0.1) is 0 Å². The van der Waals surface area contributed by atoms with E-state index in [1.165, 1.54) is 144 Å². The van der Waals surface area contributed by atoms with Crippen LogP contribution in [0, 0.1) is 13.8 Å². The van der Waals surface area contributed by atoms with Gasteiger partial charge in [-0.1, -0.05) is 169 Å². The topological polar surface area (TPSA) is 9.86 Å². The van der Waals surface area contributed by atoms with E-state index in [1.54, 1.807) is 0 Å². The zero-order chi connectivity index (χ0) is 43.2. The van der Waals surface area contributed by atoms with Crippen molar-refractivity contribution in [3.8, 4) is 44.8 Å². The van der Waals surface area contributed by atoms with Crippen molar-refractivity contribution >= 4 is 43.6 Å². The molecule has 0 fully saturated rings. The van der Waals surface area contributed by atoms with E-state index in [0.29, 0.717) is 0 Å². The molecule has 2 spiro atoms. The summed E-state index contributed by atoms with van der Waals surface area (Å²) in [7, 11) is 0. The van der Waals surface area contributed by atoms with Crippen molar-refractivity contribution in [2.24, 2.45) is 0 Å². The minimum Gasteiger partial charge on any atom is -0.309 e. The zero-order valence-corrected chi connectivity index (χ0v) is 36.5. The molecule has 0 radical (unpaired) electrons. The van der Waals surface area contributed by atoms with E-state index < -0.39 is 10.8 Å². The number of hydrogen-bond acceptors (Lipinski definition) is 0. The number of aryl methyl sites for hydroxylation is 2. The normalized spacial score (nSPS) is 17.7. The van der Waals surface area contributed by atoms with Crippen molar-refractivity contribution in [1.29, 1.82) is 0 Å². The molecule has 2 unspecified atom stereocenters. The summed E-state index contributed by atoms with van der Waals surface area (Å²) in [6.45, 7) is 4.54. The molecule has 0 saturated heterocycles. The van der Waals surface area contributed by atoms with Crippen LogP contribution < -0.4 is 0 Å². The quantitative estimate of drug-likeness (QED) is 0.156. The highest BCUT2D eigenvalue weighted by molar-refractivity contribution is 6.15. The van der Waals surface area contributed by atoms with Crippen molar-refractivity contribution in [2.45, 2.75) is 24.7 Å². The van der Waals surface area contributed by atoms with Gasteiger partial charge in [0.25, 0.3) is 0 Å². The van der Waals surface area contributed by atoms with Crippen LogP contribution in [0.25, 0.3) is 88.4 Å². The van der Waals surface area contributed by atoms with Gasteiger partial charge < -0.3 is 9.13 Å². The first-order chi connectivity index (χ1) is 32.6. The highest BCUT2D eigenvalue weighted by atomic mass is 15.0. The third-order valence-corrected chi connectivity index (χ3v) is 16.3. The van der Waals surface area contributed by atoms with Crippen LogP contribution in [0.2, 0.25) is 0 Å². The number of nitrogens with zero attached hydrogens (tertiary/aromatic N) is 2. The monoisotopic (exact) mass is 836 g/mol. The maximum absolute atomic E-state index is 2.58. The Bertz CT molecular complexity index is 4210. The summed E-state index contributed by atoms with van der Waals surface area (Å²) in [5.74, 6) is 0. The van der Waals surface area contributed by atoms with Gasteiger partial charge in [-0.3, -0.25) is 0 Å². The van der Waals surface area contributed by atoms with Crippen LogP contribution in [-0.2, 0) is 10.8 Å². The van der Waals surface area contributed by atoms with Crippen LogP contribution in [0.4, 0.5) is 0 Å². The summed E-state index contributed by atoms with van der Waals surface area (Å²) in [4.78, 5) is 0. The minimum atomic E-state index is -0.539. The Labute approximate surface area is 382 Å². The van der Waals surface area contributed by atoms with E-state index in [9.17, 15) is 0 Å². The highest BCUT2D eigenvalue weighted by Gasteiger charge is 2.53. The lowest BCUT2D eigenvalue weighted by Crippen LogP contribution is -2.34. The molecule has 0 amide bonds. The molecule has 2 atom stereocenters. The summed E-state index contributed by atoms with van der Waals surface area (Å²) < 4.78 is 5.14. The molecule has 10 aromatic carbocycles. The second kappa shape index (κ2) is 11.9. The Morgan fingerprint density at radius 3 is 1.70 bits per heavy atom. The van der Waals surface area contributed by atoms with E-state index in [4.69, 9.17) is 0 Å². The third-order valence-electron chi connectivity index (χ3n) is 16.3. The minimum absolute atomic E-state index is 0.530. The van der Waals surface area contributed by atoms with Gasteiger partial charge in [0.05, 0.1) is 44.3 Å². The summed E-state index contributed by atoms with van der Waals surface area (Å²) >= 11 is 0. The lowest BCUT2D eigenvalue weighted by atomic mass is 9.64. The zero-order valence-electron chi connectivity index (χ0n) is 36.5. The first-order valence-corrected chi connectivity index (χ1v) is 23.3. The molecule has 2 nitrogen and oxygen atoms in total. The first kappa shape index (κ1) is 35.2. The van der Waals surface area contributed by atoms with E-state index in [1.807, 2.05) is 0 Å². The molecule has 4 heterocycles. The molecule has 2 aliphatic heterocycles. The van der Waals surface area contributed by atoms with Gasteiger partial charge in [-0.05, 0) is 140 Å². The van der Waals surface area contributed by atoms with E-state index >= 15 is 0 Å². The maximum atomic E-state index is 2.58. The number of rotatable bonds is 1. The summed E-state index contributed by atoms with van der Waals surface area (Å²) in [5.41, 5.74) is 27.6. The smallest absolute Gasteiger partial charge is 0.0754 e. The van der Waals surface area contributed by atoms with Gasteiger partial charge in [-0.25, -0.2) is 0 Å². The fourth-order valence-corrected chi connectivity index (χ4v) is 13.9. The summed E-state index contributed by atoms with van der Waals surface area (Å²) in [6, 6.07) is 79.4. The van der Waals surface area contributed by atoms with Crippen molar-refractivity contribution in [2.75, 3.05) is 0 Å². The molecule has 2 heteroatoms. The molecule has 12 aromatic rings. The van der Waals surface area contributed by atoms with Gasteiger partial charge >= 0.3 is 0 Å². The number of fused-ring (bicyclic) bond motifs is 24. The predicted molar refractivity (Wildman–Crippen MR) is 272 cm³/mol. The average molecular weight is 837 g/mol. The maximum Gasteiger partial charge on any atom is 0.0754 e. The summed E-state index contributed by atoms with van der Waals surface area (Å²) in [5, 5.41) is 5.15. The van der Waals surface area contributed by atoms with E-state index in [2.05, 4.69) is 229 Å². The Morgan fingerprint density at radius 2 is 0.879 bits per heavy atom. The molecular formula is C64H40N2. The fourth-order valence-electron chi connectivity index (χ4n) is 13.9. The molecular weight excluding hydrogens is 797 g/mol. The van der Waals surface area contributed by atoms with Crippen LogP contribution in [0.1, 0.15) is 55.6 Å². The Balaban J connectivity index is 1.07. The Hall–Kier alpha value is -8.20. The molecule has 306 valence electrons. The van der Waals surface area contributed by atoms with Crippen molar-refractivity contribution in [3.63, 3.8) is 0 Å². The van der Waals surface area contributed by atoms with Crippen LogP contribution in [0.15, 0.2) is 206 Å². The molecule has 66 heavy (non-hydrogen) atoms. The molecule has 0 bridgehead atoms. The average Bonchev–Trinajstić information content (AvgIpc) is 4.07. The van der Waals surface area contributed by atoms with Crippen LogP contribution in [0.3, 0.4) is 0 Å². The van der Waals surface area contributed by atoms with Crippen LogP contribution in [-0.4, -0.2) is 9.13 Å². The number of hydrogen-bond donors (Lipinski definition) is 0. The SMILES string of the molecule is Cc1ccc2c(c1)C1(c3ccccc3-2)c2cc(-c3cc4c5c(c3)c3ccccc3n5-c3ccccc3C43c4ccccc4-c4c(C)cccc43)ccc2-n2c3ccccc3c3cccc1c32. The summed E-state index contributed by atoms with van der Waals surface area (Å²) in [6.07, 6.45) is 0. The van der Waals surface area contributed by atoms with Crippen molar-refractivity contribution in [1.82, 2.24) is 9.13 Å². The molecule has 2 aliphatic carbocycles. The van der Waals surface area contributed by atoms with Crippen molar-refractivity contribution < 1.29 is 0 Å².